The molecule has 0 atom stereocenters. The lowest BCUT2D eigenvalue weighted by Crippen LogP contribution is -2.09. The topological polar surface area (TPSA) is 72.8 Å². The normalized spacial score (nSPS) is 13.9. The Bertz CT molecular complexity index is 1230. The first kappa shape index (κ1) is 20.8. The average Bonchev–Trinajstić information content (AvgIpc) is 3.07. The average molecular weight is 429 g/mol. The molecule has 0 N–H and O–H groups in total. The first-order chi connectivity index (χ1) is 14.9. The minimum absolute atomic E-state index is 0.00381. The molecule has 3 aromatic rings. The zero-order chi connectivity index (χ0) is 22.0. The molecule has 0 aromatic heterocycles. The van der Waals surface area contributed by atoms with Crippen LogP contribution in [-0.2, 0) is 16.1 Å². The van der Waals surface area contributed by atoms with Crippen LogP contribution in [-0.4, -0.2) is 23.2 Å². The Kier molecular flexibility index (Phi) is 5.82. The van der Waals surface area contributed by atoms with Gasteiger partial charge in [-0.05, 0) is 61.0 Å². The van der Waals surface area contributed by atoms with E-state index < -0.39 is 5.97 Å². The Morgan fingerprint density at radius 1 is 0.935 bits per heavy atom. The van der Waals surface area contributed by atoms with Crippen molar-refractivity contribution < 1.29 is 19.2 Å². The van der Waals surface area contributed by atoms with Gasteiger partial charge in [-0.1, -0.05) is 40.7 Å². The summed E-state index contributed by atoms with van der Waals surface area (Å²) in [5.74, 6) is -0.778. The van der Waals surface area contributed by atoms with Gasteiger partial charge in [0, 0.05) is 39.8 Å². The van der Waals surface area contributed by atoms with Crippen molar-refractivity contribution in [3.05, 3.63) is 94.5 Å². The first-order valence-electron chi connectivity index (χ1n) is 9.72. The third-order valence-electron chi connectivity index (χ3n) is 4.86. The van der Waals surface area contributed by atoms with Crippen molar-refractivity contribution in [2.75, 3.05) is 0 Å². The van der Waals surface area contributed by atoms with E-state index in [2.05, 4.69) is 9.99 Å². The van der Waals surface area contributed by atoms with Crippen molar-refractivity contribution in [3.8, 4) is 0 Å². The molecule has 5 nitrogen and oxygen atoms in total. The highest BCUT2D eigenvalue weighted by atomic mass is 32.2. The molecule has 0 amide bonds. The molecule has 0 saturated heterocycles. The third-order valence-corrected chi connectivity index (χ3v) is 5.86. The van der Waals surface area contributed by atoms with E-state index in [1.165, 1.54) is 6.92 Å². The molecule has 6 heteroatoms. The van der Waals surface area contributed by atoms with Gasteiger partial charge in [0.2, 0.25) is 5.78 Å². The molecule has 0 bridgehead atoms. The van der Waals surface area contributed by atoms with E-state index >= 15 is 0 Å². The number of carbonyl (C=O) groups excluding carboxylic acids is 3. The van der Waals surface area contributed by atoms with Crippen LogP contribution in [0.4, 0.5) is 0 Å². The van der Waals surface area contributed by atoms with E-state index in [0.717, 1.165) is 20.9 Å². The second kappa shape index (κ2) is 8.70. The summed E-state index contributed by atoms with van der Waals surface area (Å²) in [7, 11) is 0. The predicted octanol–water partition coefficient (Wildman–Crippen LogP) is 5.04. The predicted molar refractivity (Wildman–Crippen MR) is 119 cm³/mol. The standard InChI is InChI=1S/C25H19NO4S/c1-15-4-3-5-18(12-15)24(28)17-6-8-20(9-7-17)31-21-10-11-22-19(13-21)14-23(25(22)29)26-30-16(2)27/h3-13H,14H2,1-2H3. The number of oxime groups is 1. The summed E-state index contributed by atoms with van der Waals surface area (Å²) in [4.78, 5) is 42.5. The number of hydrogen-bond donors (Lipinski definition) is 0. The molecule has 1 aliphatic carbocycles. The molecular weight excluding hydrogens is 410 g/mol. The minimum Gasteiger partial charge on any atom is -0.318 e. The Labute approximate surface area is 184 Å². The van der Waals surface area contributed by atoms with Gasteiger partial charge in [0.05, 0.1) is 0 Å². The minimum atomic E-state index is -0.558. The quantitative estimate of drug-likeness (QED) is 0.323. The Morgan fingerprint density at radius 2 is 1.68 bits per heavy atom. The van der Waals surface area contributed by atoms with Crippen LogP contribution in [0.2, 0.25) is 0 Å². The van der Waals surface area contributed by atoms with Crippen molar-refractivity contribution in [2.45, 2.75) is 30.1 Å². The molecule has 0 spiro atoms. The van der Waals surface area contributed by atoms with Gasteiger partial charge >= 0.3 is 5.97 Å². The van der Waals surface area contributed by atoms with Crippen LogP contribution < -0.4 is 0 Å². The summed E-state index contributed by atoms with van der Waals surface area (Å²) in [5, 5.41) is 3.67. The SMILES string of the molecule is CC(=O)ON=C1Cc2cc(Sc3ccc(C(=O)c4cccc(C)c4)cc3)ccc2C1=O. The van der Waals surface area contributed by atoms with Crippen molar-refractivity contribution >= 4 is 35.0 Å². The van der Waals surface area contributed by atoms with E-state index in [1.54, 1.807) is 17.8 Å². The summed E-state index contributed by atoms with van der Waals surface area (Å²) < 4.78 is 0. The largest absolute Gasteiger partial charge is 0.331 e. The van der Waals surface area contributed by atoms with E-state index in [0.29, 0.717) is 23.1 Å². The Morgan fingerprint density at radius 3 is 2.39 bits per heavy atom. The molecule has 0 unspecified atom stereocenters. The van der Waals surface area contributed by atoms with Gasteiger partial charge < -0.3 is 4.84 Å². The zero-order valence-corrected chi connectivity index (χ0v) is 17.9. The number of benzene rings is 3. The van der Waals surface area contributed by atoms with Gasteiger partial charge in [-0.3, -0.25) is 9.59 Å². The molecule has 0 saturated carbocycles. The first-order valence-corrected chi connectivity index (χ1v) is 10.5. The van der Waals surface area contributed by atoms with E-state index in [9.17, 15) is 14.4 Å². The molecule has 4 rings (SSSR count). The number of carbonyl (C=O) groups is 3. The fourth-order valence-electron chi connectivity index (χ4n) is 3.37. The second-order valence-corrected chi connectivity index (χ2v) is 8.42. The van der Waals surface area contributed by atoms with Gasteiger partial charge in [0.1, 0.15) is 5.71 Å². The van der Waals surface area contributed by atoms with Crippen molar-refractivity contribution in [1.82, 2.24) is 0 Å². The summed E-state index contributed by atoms with van der Waals surface area (Å²) in [6.45, 7) is 3.21. The van der Waals surface area contributed by atoms with Gasteiger partial charge in [-0.25, -0.2) is 4.79 Å². The lowest BCUT2D eigenvalue weighted by molar-refractivity contribution is -0.140. The zero-order valence-electron chi connectivity index (χ0n) is 17.0. The second-order valence-electron chi connectivity index (χ2n) is 7.27. The number of fused-ring (bicyclic) bond motifs is 1. The highest BCUT2D eigenvalue weighted by molar-refractivity contribution is 7.99. The molecule has 0 heterocycles. The Hall–Kier alpha value is -3.51. The van der Waals surface area contributed by atoms with E-state index in [1.807, 2.05) is 67.6 Å². The number of Topliss-reactive ketones (excluding diaryl/α,β-unsaturated/α-hetero) is 1. The fraction of sp³-hybridized carbons (Fsp3) is 0.120. The summed E-state index contributed by atoms with van der Waals surface area (Å²) in [6, 6.07) is 20.6. The molecule has 0 radical (unpaired) electrons. The Balaban J connectivity index is 1.48. The number of hydrogen-bond acceptors (Lipinski definition) is 6. The maximum atomic E-state index is 12.7. The molecule has 0 aliphatic heterocycles. The number of nitrogens with zero attached hydrogens (tertiary/aromatic N) is 1. The maximum Gasteiger partial charge on any atom is 0.331 e. The van der Waals surface area contributed by atoms with Crippen LogP contribution >= 0.6 is 11.8 Å². The van der Waals surface area contributed by atoms with Gasteiger partial charge in [0.25, 0.3) is 0 Å². The van der Waals surface area contributed by atoms with Crippen LogP contribution in [0.25, 0.3) is 0 Å². The van der Waals surface area contributed by atoms with E-state index in [-0.39, 0.29) is 17.3 Å². The summed E-state index contributed by atoms with van der Waals surface area (Å²) in [5.41, 5.74) is 4.03. The molecule has 0 fully saturated rings. The van der Waals surface area contributed by atoms with Crippen molar-refractivity contribution in [2.24, 2.45) is 5.16 Å². The van der Waals surface area contributed by atoms with Crippen molar-refractivity contribution in [3.63, 3.8) is 0 Å². The smallest absolute Gasteiger partial charge is 0.318 e. The lowest BCUT2D eigenvalue weighted by Gasteiger charge is -2.06. The number of rotatable bonds is 5. The van der Waals surface area contributed by atoms with Gasteiger partial charge in [0.15, 0.2) is 5.78 Å². The van der Waals surface area contributed by atoms with Gasteiger partial charge in [-0.15, -0.1) is 0 Å². The third kappa shape index (κ3) is 4.64. The lowest BCUT2D eigenvalue weighted by atomic mass is 10.0. The number of aryl methyl sites for hydroxylation is 1. The monoisotopic (exact) mass is 429 g/mol. The summed E-state index contributed by atoms with van der Waals surface area (Å²) >= 11 is 1.55. The molecule has 3 aromatic carbocycles. The molecule has 1 aliphatic rings. The fourth-order valence-corrected chi connectivity index (χ4v) is 4.26. The van der Waals surface area contributed by atoms with Crippen LogP contribution in [0.1, 0.15) is 44.3 Å². The van der Waals surface area contributed by atoms with Crippen LogP contribution in [0.15, 0.2) is 81.7 Å². The highest BCUT2D eigenvalue weighted by Gasteiger charge is 2.27. The molecular formula is C25H19NO4S. The van der Waals surface area contributed by atoms with Gasteiger partial charge in [-0.2, -0.15) is 0 Å². The van der Waals surface area contributed by atoms with E-state index in [4.69, 9.17) is 0 Å². The number of ketones is 2. The molecule has 31 heavy (non-hydrogen) atoms. The van der Waals surface area contributed by atoms with Crippen molar-refractivity contribution in [1.29, 1.82) is 0 Å². The highest BCUT2D eigenvalue weighted by Crippen LogP contribution is 2.32. The van der Waals surface area contributed by atoms with Crippen LogP contribution in [0.3, 0.4) is 0 Å². The maximum absolute atomic E-state index is 12.7. The summed E-state index contributed by atoms with van der Waals surface area (Å²) in [6.07, 6.45) is 0.333. The molecule has 154 valence electrons. The van der Waals surface area contributed by atoms with Crippen LogP contribution in [0.5, 0.6) is 0 Å². The van der Waals surface area contributed by atoms with Crippen LogP contribution in [0, 0.1) is 6.92 Å².